The Balaban J connectivity index is 4.56. The van der Waals surface area contributed by atoms with Crippen LogP contribution < -0.4 is 0 Å². The highest BCUT2D eigenvalue weighted by molar-refractivity contribution is 5.77. The summed E-state index contributed by atoms with van der Waals surface area (Å²) in [5.74, 6) is -2.28. The highest BCUT2D eigenvalue weighted by Gasteiger charge is 2.32. The van der Waals surface area contributed by atoms with Crippen molar-refractivity contribution >= 4 is 11.9 Å². The van der Waals surface area contributed by atoms with Crippen molar-refractivity contribution < 1.29 is 19.8 Å². The third kappa shape index (κ3) is 5.44. The Hall–Kier alpha value is -2.48. The molecule has 0 aliphatic rings. The molecule has 0 aromatic rings. The van der Waals surface area contributed by atoms with Crippen LogP contribution in [0.25, 0.3) is 0 Å². The van der Waals surface area contributed by atoms with Gasteiger partial charge in [0.2, 0.25) is 0 Å². The fourth-order valence-electron chi connectivity index (χ4n) is 1.17. The topological polar surface area (TPSA) is 147 Å². The van der Waals surface area contributed by atoms with Crippen LogP contribution in [0.3, 0.4) is 0 Å². The Morgan fingerprint density at radius 1 is 1.15 bits per heavy atom. The molecule has 8 heteroatoms. The molecule has 2 unspecified atom stereocenters. The summed E-state index contributed by atoms with van der Waals surface area (Å²) < 4.78 is 0. The van der Waals surface area contributed by atoms with E-state index in [1.165, 1.54) is 13.8 Å². The second-order valence-corrected chi connectivity index (χ2v) is 4.74. The van der Waals surface area contributed by atoms with E-state index >= 15 is 0 Å². The summed E-state index contributed by atoms with van der Waals surface area (Å²) in [6, 6.07) is 3.55. The quantitative estimate of drug-likeness (QED) is 0.645. The molecule has 0 radical (unpaired) electrons. The van der Waals surface area contributed by atoms with Gasteiger partial charge in [-0.1, -0.05) is 0 Å². The molecular formula is C12H16N4O4. The van der Waals surface area contributed by atoms with E-state index in [1.54, 1.807) is 6.07 Å². The zero-order chi connectivity index (χ0) is 15.8. The van der Waals surface area contributed by atoms with Gasteiger partial charge >= 0.3 is 11.9 Å². The maximum Gasteiger partial charge on any atom is 0.323 e. The Bertz CT molecular complexity index is 491. The van der Waals surface area contributed by atoms with Crippen LogP contribution in [-0.4, -0.2) is 34.2 Å². The second kappa shape index (κ2) is 7.19. The molecule has 0 bridgehead atoms. The van der Waals surface area contributed by atoms with E-state index in [9.17, 15) is 9.59 Å². The van der Waals surface area contributed by atoms with E-state index in [2.05, 4.69) is 10.2 Å². The number of rotatable bonds is 8. The Kier molecular flexibility index (Phi) is 6.30. The van der Waals surface area contributed by atoms with E-state index in [0.717, 1.165) is 0 Å². The molecule has 0 saturated heterocycles. The van der Waals surface area contributed by atoms with Gasteiger partial charge in [-0.15, -0.1) is 0 Å². The lowest BCUT2D eigenvalue weighted by atomic mass is 9.89. The van der Waals surface area contributed by atoms with Gasteiger partial charge in [0, 0.05) is 6.42 Å². The van der Waals surface area contributed by atoms with Gasteiger partial charge in [-0.25, -0.2) is 0 Å². The first-order valence-corrected chi connectivity index (χ1v) is 5.85. The van der Waals surface area contributed by atoms with Crippen LogP contribution in [0.15, 0.2) is 10.2 Å². The molecule has 20 heavy (non-hydrogen) atoms. The van der Waals surface area contributed by atoms with Gasteiger partial charge in [0.1, 0.15) is 0 Å². The van der Waals surface area contributed by atoms with E-state index in [1.807, 2.05) is 6.07 Å². The second-order valence-electron chi connectivity index (χ2n) is 4.74. The van der Waals surface area contributed by atoms with Gasteiger partial charge in [-0.2, -0.15) is 20.8 Å². The molecule has 0 amide bonds. The molecule has 2 atom stereocenters. The highest BCUT2D eigenvalue weighted by atomic mass is 16.4. The molecule has 0 heterocycles. The van der Waals surface area contributed by atoms with Crippen LogP contribution >= 0.6 is 0 Å². The van der Waals surface area contributed by atoms with Gasteiger partial charge in [0.25, 0.3) is 0 Å². The number of azo groups is 1. The number of hydrogen-bond acceptors (Lipinski definition) is 6. The van der Waals surface area contributed by atoms with Crippen molar-refractivity contribution in [3.05, 3.63) is 0 Å². The first-order chi connectivity index (χ1) is 9.19. The average Bonchev–Trinajstić information content (AvgIpc) is 2.41. The minimum Gasteiger partial charge on any atom is -0.481 e. The third-order valence-electron chi connectivity index (χ3n) is 2.79. The van der Waals surface area contributed by atoms with Gasteiger partial charge in [-0.3, -0.25) is 9.59 Å². The first-order valence-electron chi connectivity index (χ1n) is 5.85. The van der Waals surface area contributed by atoms with Gasteiger partial charge in [0.15, 0.2) is 11.0 Å². The summed E-state index contributed by atoms with van der Waals surface area (Å²) in [7, 11) is 0. The molecule has 108 valence electrons. The highest BCUT2D eigenvalue weighted by Crippen LogP contribution is 2.22. The number of carboxylic acid groups (broad SMARTS) is 2. The van der Waals surface area contributed by atoms with Crippen molar-refractivity contribution in [3.63, 3.8) is 0 Å². The van der Waals surface area contributed by atoms with Crippen molar-refractivity contribution in [2.24, 2.45) is 15.6 Å². The Morgan fingerprint density at radius 2 is 1.75 bits per heavy atom. The predicted octanol–water partition coefficient (Wildman–Crippen LogP) is 1.59. The molecule has 0 aliphatic carbocycles. The lowest BCUT2D eigenvalue weighted by Crippen LogP contribution is -2.26. The van der Waals surface area contributed by atoms with Gasteiger partial charge in [0.05, 0.1) is 18.7 Å². The third-order valence-corrected chi connectivity index (χ3v) is 2.79. The van der Waals surface area contributed by atoms with Crippen LogP contribution in [0.2, 0.25) is 0 Å². The van der Waals surface area contributed by atoms with Crippen LogP contribution in [-0.2, 0) is 9.59 Å². The lowest BCUT2D eigenvalue weighted by molar-refractivity contribution is -0.145. The van der Waals surface area contributed by atoms with Crippen LogP contribution in [0.1, 0.15) is 33.1 Å². The number of aliphatic carboxylic acids is 2. The van der Waals surface area contributed by atoms with Crippen molar-refractivity contribution in [2.75, 3.05) is 6.54 Å². The summed E-state index contributed by atoms with van der Waals surface area (Å²) in [5.41, 5.74) is -2.81. The lowest BCUT2D eigenvalue weighted by Gasteiger charge is -2.15. The largest absolute Gasteiger partial charge is 0.481 e. The van der Waals surface area contributed by atoms with Crippen LogP contribution in [0.5, 0.6) is 0 Å². The van der Waals surface area contributed by atoms with Crippen LogP contribution in [0, 0.1) is 28.1 Å². The Labute approximate surface area is 116 Å². The summed E-state index contributed by atoms with van der Waals surface area (Å²) in [6.07, 6.45) is -0.242. The summed E-state index contributed by atoms with van der Waals surface area (Å²) in [5, 5.41) is 42.6. The molecule has 0 aliphatic heterocycles. The molecular weight excluding hydrogens is 264 g/mol. The number of carbonyl (C=O) groups is 2. The molecule has 0 aromatic carbocycles. The monoisotopic (exact) mass is 280 g/mol. The summed E-state index contributed by atoms with van der Waals surface area (Å²) >= 11 is 0. The van der Waals surface area contributed by atoms with Crippen molar-refractivity contribution in [1.82, 2.24) is 0 Å². The number of nitrogens with zero attached hydrogens (tertiary/aromatic N) is 4. The predicted molar refractivity (Wildman–Crippen MR) is 66.6 cm³/mol. The van der Waals surface area contributed by atoms with Crippen molar-refractivity contribution in [1.29, 1.82) is 10.5 Å². The van der Waals surface area contributed by atoms with Crippen molar-refractivity contribution in [2.45, 2.75) is 38.6 Å². The summed E-state index contributed by atoms with van der Waals surface area (Å²) in [4.78, 5) is 21.3. The van der Waals surface area contributed by atoms with Crippen LogP contribution in [0.4, 0.5) is 0 Å². The van der Waals surface area contributed by atoms with Crippen molar-refractivity contribution in [3.8, 4) is 12.1 Å². The van der Waals surface area contributed by atoms with E-state index in [-0.39, 0.29) is 25.8 Å². The maximum atomic E-state index is 10.9. The first kappa shape index (κ1) is 17.5. The Morgan fingerprint density at radius 3 is 2.15 bits per heavy atom. The molecule has 0 fully saturated rings. The normalized spacial score (nSPS) is 16.6. The van der Waals surface area contributed by atoms with E-state index < -0.39 is 22.9 Å². The zero-order valence-corrected chi connectivity index (χ0v) is 11.3. The minimum atomic E-state index is -1.55. The van der Waals surface area contributed by atoms with E-state index in [0.29, 0.717) is 0 Å². The summed E-state index contributed by atoms with van der Waals surface area (Å²) in [6.45, 7) is 2.69. The molecule has 0 aromatic heterocycles. The molecule has 0 saturated carbocycles. The molecule has 0 rings (SSSR count). The zero-order valence-electron chi connectivity index (χ0n) is 11.3. The van der Waals surface area contributed by atoms with Gasteiger partial charge < -0.3 is 10.2 Å². The number of nitriles is 2. The van der Waals surface area contributed by atoms with Gasteiger partial charge in [-0.05, 0) is 26.7 Å². The fraction of sp³-hybridized carbons (Fsp3) is 0.667. The smallest absolute Gasteiger partial charge is 0.323 e. The molecule has 0 spiro atoms. The molecule has 2 N–H and O–H groups in total. The average molecular weight is 280 g/mol. The maximum absolute atomic E-state index is 10.9. The SMILES string of the molecule is CC(C#N)(CCC(=O)O)N=NCCC(C)(C#N)C(=O)O. The number of carboxylic acids is 2. The fourth-order valence-corrected chi connectivity index (χ4v) is 1.17. The standard InChI is InChI=1S/C12H16N4O4/c1-11(7-13,10(19)20)5-6-15-16-12(2,8-14)4-3-9(17)18/h3-6H2,1-2H3,(H,17,18)(H,19,20). The number of hydrogen-bond donors (Lipinski definition) is 2. The minimum absolute atomic E-state index is 0.0107. The molecule has 8 nitrogen and oxygen atoms in total. The van der Waals surface area contributed by atoms with E-state index in [4.69, 9.17) is 20.7 Å².